The summed E-state index contributed by atoms with van der Waals surface area (Å²) in [5.74, 6) is 5.36. The summed E-state index contributed by atoms with van der Waals surface area (Å²) in [5, 5.41) is 4.64. The summed E-state index contributed by atoms with van der Waals surface area (Å²) in [7, 11) is 0. The lowest BCUT2D eigenvalue weighted by molar-refractivity contribution is 0.483. The molecule has 11 aromatic rings. The quantitative estimate of drug-likeness (QED) is 0.137. The van der Waals surface area contributed by atoms with E-state index < -0.39 is 0 Å². The van der Waals surface area contributed by atoms with Crippen molar-refractivity contribution in [1.82, 2.24) is 29.1 Å². The molecule has 0 saturated carbocycles. The number of hydrogen-bond acceptors (Lipinski definition) is 6. The van der Waals surface area contributed by atoms with Crippen molar-refractivity contribution < 1.29 is 9.47 Å². The van der Waals surface area contributed by atoms with Crippen molar-refractivity contribution in [3.05, 3.63) is 194 Å². The molecule has 0 amide bonds. The van der Waals surface area contributed by atoms with Crippen molar-refractivity contribution in [2.24, 2.45) is 0 Å². The summed E-state index contributed by atoms with van der Waals surface area (Å²) < 4.78 is 17.6. The van der Waals surface area contributed by atoms with Crippen LogP contribution >= 0.6 is 0 Å². The Morgan fingerprint density at radius 1 is 0.375 bits per heavy atom. The number of fused-ring (bicyclic) bond motifs is 6. The second-order valence-electron chi connectivity index (χ2n) is 16.8. The van der Waals surface area contributed by atoms with Crippen molar-refractivity contribution in [3.63, 3.8) is 0 Å². The van der Waals surface area contributed by atoms with Gasteiger partial charge in [-0.15, -0.1) is 0 Å². The molecular formula is C56H44N6O2. The van der Waals surface area contributed by atoms with Gasteiger partial charge < -0.3 is 9.47 Å². The molecule has 0 radical (unpaired) electrons. The van der Waals surface area contributed by atoms with Gasteiger partial charge in [-0.2, -0.15) is 0 Å². The summed E-state index contributed by atoms with van der Waals surface area (Å²) in [6, 6.07) is 53.8. The van der Waals surface area contributed by atoms with Gasteiger partial charge in [0.25, 0.3) is 0 Å². The average molecular weight is 833 g/mol. The van der Waals surface area contributed by atoms with Gasteiger partial charge >= 0.3 is 0 Å². The van der Waals surface area contributed by atoms with Crippen LogP contribution in [0.15, 0.2) is 183 Å². The van der Waals surface area contributed by atoms with Crippen molar-refractivity contribution in [2.75, 3.05) is 0 Å². The molecule has 5 heterocycles. The maximum absolute atomic E-state index is 6.55. The van der Waals surface area contributed by atoms with Gasteiger partial charge in [0.2, 0.25) is 0 Å². The van der Waals surface area contributed by atoms with E-state index in [1.807, 2.05) is 85.2 Å². The molecule has 64 heavy (non-hydrogen) atoms. The first kappa shape index (κ1) is 38.8. The third kappa shape index (κ3) is 6.90. The van der Waals surface area contributed by atoms with E-state index in [0.29, 0.717) is 23.3 Å². The Balaban J connectivity index is 0.857. The van der Waals surface area contributed by atoms with Gasteiger partial charge in [-0.3, -0.25) is 19.1 Å². The van der Waals surface area contributed by atoms with Crippen LogP contribution < -0.4 is 9.47 Å². The highest BCUT2D eigenvalue weighted by atomic mass is 16.5. The van der Waals surface area contributed by atoms with E-state index in [-0.39, 0.29) is 0 Å². The number of aromatic nitrogens is 6. The van der Waals surface area contributed by atoms with Gasteiger partial charge in [-0.1, -0.05) is 100 Å². The van der Waals surface area contributed by atoms with Crippen LogP contribution in [0.4, 0.5) is 0 Å². The molecule has 8 nitrogen and oxygen atoms in total. The highest BCUT2D eigenvalue weighted by Gasteiger charge is 2.20. The molecule has 0 fully saturated rings. The van der Waals surface area contributed by atoms with E-state index in [0.717, 1.165) is 78.5 Å². The summed E-state index contributed by atoms with van der Waals surface area (Å²) in [5.41, 5.74) is 9.96. The minimum atomic E-state index is 0.309. The number of para-hydroxylation sites is 2. The molecule has 0 unspecified atom stereocenters. The first-order chi connectivity index (χ1) is 31.4. The van der Waals surface area contributed by atoms with Gasteiger partial charge in [-0.05, 0) is 95.8 Å². The molecule has 11 rings (SSSR count). The predicted molar refractivity (Wildman–Crippen MR) is 258 cm³/mol. The Morgan fingerprint density at radius 3 is 1.23 bits per heavy atom. The zero-order valence-electron chi connectivity index (χ0n) is 36.0. The fourth-order valence-corrected chi connectivity index (χ4v) is 8.91. The third-order valence-corrected chi connectivity index (χ3v) is 12.0. The lowest BCUT2D eigenvalue weighted by Gasteiger charge is -2.15. The SMILES string of the molecule is CC(C)c1cccnc1-n1c2ccccc2c2ccc(Oc3cccc(-c4cnc(-c5cccc(Oc6ccc7c8ccccc8n(-c8ncccc8C(C)C)c7c6)c5)cn4)c3)cc21. The van der Waals surface area contributed by atoms with Crippen LogP contribution in [0, 0.1) is 0 Å². The number of rotatable bonds is 10. The smallest absolute Gasteiger partial charge is 0.141 e. The molecule has 0 spiro atoms. The molecule has 0 aliphatic carbocycles. The number of hydrogen-bond donors (Lipinski definition) is 0. The van der Waals surface area contributed by atoms with Gasteiger partial charge in [-0.25, -0.2) is 9.97 Å². The molecule has 0 aliphatic heterocycles. The minimum absolute atomic E-state index is 0.309. The van der Waals surface area contributed by atoms with Crippen molar-refractivity contribution >= 4 is 43.6 Å². The molecule has 0 bridgehead atoms. The van der Waals surface area contributed by atoms with E-state index in [4.69, 9.17) is 29.4 Å². The van der Waals surface area contributed by atoms with Gasteiger partial charge in [0.05, 0.1) is 45.8 Å². The second-order valence-corrected chi connectivity index (χ2v) is 16.8. The largest absolute Gasteiger partial charge is 0.457 e. The topological polar surface area (TPSA) is 79.9 Å². The standard InChI is InChI=1S/C56H44N6O2/c1-35(2)43-19-11-27-57-55(43)61-51-21-7-5-17-45(51)47-25-23-41(31-53(47)61)63-39-15-9-13-37(29-39)49-33-60-50(34-59-49)38-14-10-16-40(30-38)64-42-24-26-48-46-18-6-8-22-52(46)62(54(48)32-42)56-44(36(3)4)20-12-28-58-56/h5-36H,1-4H3. The minimum Gasteiger partial charge on any atom is -0.457 e. The van der Waals surface area contributed by atoms with E-state index in [2.05, 4.69) is 122 Å². The number of benzene rings is 6. The Hall–Kier alpha value is -8.10. The molecule has 8 heteroatoms. The zero-order chi connectivity index (χ0) is 43.3. The first-order valence-electron chi connectivity index (χ1n) is 21.7. The molecule has 0 atom stereocenters. The molecule has 310 valence electrons. The van der Waals surface area contributed by atoms with Crippen LogP contribution in [-0.4, -0.2) is 29.1 Å². The van der Waals surface area contributed by atoms with Crippen molar-refractivity contribution in [1.29, 1.82) is 0 Å². The van der Waals surface area contributed by atoms with Crippen LogP contribution in [-0.2, 0) is 0 Å². The molecular weight excluding hydrogens is 789 g/mol. The Kier molecular flexibility index (Phi) is 9.69. The summed E-state index contributed by atoms with van der Waals surface area (Å²) >= 11 is 0. The van der Waals surface area contributed by atoms with Gasteiger partial charge in [0.15, 0.2) is 0 Å². The Bertz CT molecular complexity index is 3300. The summed E-state index contributed by atoms with van der Waals surface area (Å²) in [4.78, 5) is 19.5. The van der Waals surface area contributed by atoms with Gasteiger partial charge in [0, 0.05) is 57.2 Å². The van der Waals surface area contributed by atoms with E-state index in [9.17, 15) is 0 Å². The second kappa shape index (κ2) is 16.0. The van der Waals surface area contributed by atoms with E-state index >= 15 is 0 Å². The van der Waals surface area contributed by atoms with Crippen LogP contribution in [0.2, 0.25) is 0 Å². The van der Waals surface area contributed by atoms with Crippen molar-refractivity contribution in [3.8, 4) is 57.1 Å². The monoisotopic (exact) mass is 832 g/mol. The number of ether oxygens (including phenoxy) is 2. The highest BCUT2D eigenvalue weighted by molar-refractivity contribution is 6.10. The Labute approximate surface area is 371 Å². The third-order valence-electron chi connectivity index (χ3n) is 12.0. The normalized spacial score (nSPS) is 11.7. The summed E-state index contributed by atoms with van der Waals surface area (Å²) in [6.07, 6.45) is 7.34. The lowest BCUT2D eigenvalue weighted by Crippen LogP contribution is -2.03. The maximum atomic E-state index is 6.55. The zero-order valence-corrected chi connectivity index (χ0v) is 36.0. The van der Waals surface area contributed by atoms with Gasteiger partial charge in [0.1, 0.15) is 34.6 Å². The number of nitrogens with zero attached hydrogens (tertiary/aromatic N) is 6. The van der Waals surface area contributed by atoms with E-state index in [1.54, 1.807) is 12.4 Å². The molecule has 5 aromatic heterocycles. The fourth-order valence-electron chi connectivity index (χ4n) is 8.91. The molecule has 0 saturated heterocycles. The number of pyridine rings is 2. The van der Waals surface area contributed by atoms with E-state index in [1.165, 1.54) is 21.9 Å². The van der Waals surface area contributed by atoms with Crippen molar-refractivity contribution in [2.45, 2.75) is 39.5 Å². The molecule has 0 aliphatic rings. The van der Waals surface area contributed by atoms with Crippen LogP contribution in [0.3, 0.4) is 0 Å². The summed E-state index contributed by atoms with van der Waals surface area (Å²) in [6.45, 7) is 8.82. The highest BCUT2D eigenvalue weighted by Crippen LogP contribution is 2.39. The lowest BCUT2D eigenvalue weighted by atomic mass is 10.0. The molecule has 6 aromatic carbocycles. The van der Waals surface area contributed by atoms with Crippen LogP contribution in [0.5, 0.6) is 23.0 Å². The average Bonchev–Trinajstić information content (AvgIpc) is 3.83. The van der Waals surface area contributed by atoms with Crippen LogP contribution in [0.1, 0.15) is 50.7 Å². The predicted octanol–water partition coefficient (Wildman–Crippen LogP) is 14.6. The fraction of sp³-hybridized carbons (Fsp3) is 0.107. The maximum Gasteiger partial charge on any atom is 0.141 e. The first-order valence-corrected chi connectivity index (χ1v) is 21.7. The Morgan fingerprint density at radius 2 is 0.797 bits per heavy atom. The molecule has 0 N–H and O–H groups in total. The van der Waals surface area contributed by atoms with Crippen LogP contribution in [0.25, 0.3) is 77.8 Å².